The maximum atomic E-state index is 5.51. The van der Waals surface area contributed by atoms with Gasteiger partial charge in [-0.3, -0.25) is 0 Å². The standard InChI is InChI=1S/C16H25NO/c1-11(2)17-8-16(9-18-10-16)15-7-13(4)12(3)6-14(15)5/h6-7,11,17H,8-10H2,1-5H3. The molecular formula is C16H25NO. The molecular weight excluding hydrogens is 222 g/mol. The average molecular weight is 247 g/mol. The molecule has 0 bridgehead atoms. The van der Waals surface area contributed by atoms with Crippen LogP contribution in [0.25, 0.3) is 0 Å². The van der Waals surface area contributed by atoms with Crippen molar-refractivity contribution in [1.29, 1.82) is 0 Å². The Hall–Kier alpha value is -0.860. The highest BCUT2D eigenvalue weighted by Crippen LogP contribution is 2.35. The fourth-order valence-electron chi connectivity index (χ4n) is 2.63. The minimum Gasteiger partial charge on any atom is -0.379 e. The van der Waals surface area contributed by atoms with E-state index in [0.717, 1.165) is 19.8 Å². The Morgan fingerprint density at radius 1 is 1.11 bits per heavy atom. The van der Waals surface area contributed by atoms with E-state index in [1.807, 2.05) is 0 Å². The molecule has 0 amide bonds. The number of hydrogen-bond acceptors (Lipinski definition) is 2. The molecule has 0 atom stereocenters. The van der Waals surface area contributed by atoms with Crippen molar-refractivity contribution in [2.45, 2.75) is 46.1 Å². The number of nitrogens with one attached hydrogen (secondary N) is 1. The highest BCUT2D eigenvalue weighted by atomic mass is 16.5. The molecule has 0 spiro atoms. The predicted molar refractivity (Wildman–Crippen MR) is 76.3 cm³/mol. The van der Waals surface area contributed by atoms with Crippen molar-refractivity contribution in [3.8, 4) is 0 Å². The molecule has 1 aromatic carbocycles. The van der Waals surface area contributed by atoms with Crippen LogP contribution in [0.3, 0.4) is 0 Å². The summed E-state index contributed by atoms with van der Waals surface area (Å²) >= 11 is 0. The molecule has 18 heavy (non-hydrogen) atoms. The number of ether oxygens (including phenoxy) is 1. The van der Waals surface area contributed by atoms with Gasteiger partial charge in [-0.1, -0.05) is 26.0 Å². The first-order valence-electron chi connectivity index (χ1n) is 6.84. The summed E-state index contributed by atoms with van der Waals surface area (Å²) in [6.45, 7) is 13.7. The van der Waals surface area contributed by atoms with E-state index in [2.05, 4.69) is 52.1 Å². The van der Waals surface area contributed by atoms with Crippen LogP contribution in [0, 0.1) is 20.8 Å². The lowest BCUT2D eigenvalue weighted by Crippen LogP contribution is -2.54. The lowest BCUT2D eigenvalue weighted by molar-refractivity contribution is -0.0600. The fraction of sp³-hybridized carbons (Fsp3) is 0.625. The summed E-state index contributed by atoms with van der Waals surface area (Å²) in [5.74, 6) is 0. The number of aryl methyl sites for hydroxylation is 3. The molecule has 1 N–H and O–H groups in total. The molecule has 0 aromatic heterocycles. The number of hydrogen-bond donors (Lipinski definition) is 1. The zero-order chi connectivity index (χ0) is 13.3. The normalized spacial score (nSPS) is 17.9. The van der Waals surface area contributed by atoms with Crippen LogP contribution < -0.4 is 5.32 Å². The number of benzene rings is 1. The highest BCUT2D eigenvalue weighted by Gasteiger charge is 2.41. The maximum absolute atomic E-state index is 5.51. The Morgan fingerprint density at radius 2 is 1.72 bits per heavy atom. The van der Waals surface area contributed by atoms with Gasteiger partial charge in [-0.2, -0.15) is 0 Å². The van der Waals surface area contributed by atoms with E-state index in [-0.39, 0.29) is 5.41 Å². The zero-order valence-corrected chi connectivity index (χ0v) is 12.3. The Bertz CT molecular complexity index is 433. The van der Waals surface area contributed by atoms with E-state index in [4.69, 9.17) is 4.74 Å². The summed E-state index contributed by atoms with van der Waals surface area (Å²) in [4.78, 5) is 0. The molecule has 1 aromatic rings. The van der Waals surface area contributed by atoms with Crippen LogP contribution in [0.15, 0.2) is 12.1 Å². The van der Waals surface area contributed by atoms with Crippen molar-refractivity contribution < 1.29 is 4.74 Å². The highest BCUT2D eigenvalue weighted by molar-refractivity contribution is 5.42. The SMILES string of the molecule is Cc1cc(C)c(C2(CNC(C)C)COC2)cc1C. The van der Waals surface area contributed by atoms with Crippen molar-refractivity contribution >= 4 is 0 Å². The quantitative estimate of drug-likeness (QED) is 0.883. The average Bonchev–Trinajstić information content (AvgIpc) is 2.23. The molecule has 2 rings (SSSR count). The monoisotopic (exact) mass is 247 g/mol. The Morgan fingerprint density at radius 3 is 2.22 bits per heavy atom. The Balaban J connectivity index is 2.30. The van der Waals surface area contributed by atoms with Crippen molar-refractivity contribution in [1.82, 2.24) is 5.32 Å². The van der Waals surface area contributed by atoms with Gasteiger partial charge in [0.1, 0.15) is 0 Å². The summed E-state index contributed by atoms with van der Waals surface area (Å²) in [5.41, 5.74) is 5.80. The third-order valence-corrected chi connectivity index (χ3v) is 4.02. The van der Waals surface area contributed by atoms with Crippen LogP contribution in [-0.4, -0.2) is 25.8 Å². The minimum absolute atomic E-state index is 0.187. The van der Waals surface area contributed by atoms with Crippen LogP contribution in [0.5, 0.6) is 0 Å². The van der Waals surface area contributed by atoms with E-state index in [1.165, 1.54) is 22.3 Å². The van der Waals surface area contributed by atoms with Crippen LogP contribution in [0.4, 0.5) is 0 Å². The Labute approximate surface area is 111 Å². The molecule has 1 saturated heterocycles. The molecule has 0 unspecified atom stereocenters. The third-order valence-electron chi connectivity index (χ3n) is 4.02. The first-order valence-corrected chi connectivity index (χ1v) is 6.84. The molecule has 0 saturated carbocycles. The van der Waals surface area contributed by atoms with Gasteiger partial charge in [0, 0.05) is 12.6 Å². The predicted octanol–water partition coefficient (Wildman–Crippen LogP) is 2.88. The minimum atomic E-state index is 0.187. The van der Waals surface area contributed by atoms with Gasteiger partial charge in [-0.05, 0) is 43.0 Å². The summed E-state index contributed by atoms with van der Waals surface area (Å²) in [7, 11) is 0. The van der Waals surface area contributed by atoms with Gasteiger partial charge in [-0.25, -0.2) is 0 Å². The van der Waals surface area contributed by atoms with Crippen molar-refractivity contribution in [2.24, 2.45) is 0 Å². The van der Waals surface area contributed by atoms with Gasteiger partial charge >= 0.3 is 0 Å². The Kier molecular flexibility index (Phi) is 3.79. The largest absolute Gasteiger partial charge is 0.379 e. The van der Waals surface area contributed by atoms with E-state index < -0.39 is 0 Å². The molecule has 1 heterocycles. The lowest BCUT2D eigenvalue weighted by atomic mass is 9.75. The van der Waals surface area contributed by atoms with Gasteiger partial charge in [0.05, 0.1) is 18.6 Å². The second-order valence-electron chi connectivity index (χ2n) is 6.06. The van der Waals surface area contributed by atoms with Crippen molar-refractivity contribution in [2.75, 3.05) is 19.8 Å². The molecule has 2 heteroatoms. The van der Waals surface area contributed by atoms with E-state index >= 15 is 0 Å². The van der Waals surface area contributed by atoms with Gasteiger partial charge in [0.15, 0.2) is 0 Å². The molecule has 2 nitrogen and oxygen atoms in total. The topological polar surface area (TPSA) is 21.3 Å². The van der Waals surface area contributed by atoms with Crippen molar-refractivity contribution in [3.63, 3.8) is 0 Å². The molecule has 1 aliphatic rings. The molecule has 1 fully saturated rings. The second-order valence-corrected chi connectivity index (χ2v) is 6.06. The smallest absolute Gasteiger partial charge is 0.0598 e. The van der Waals surface area contributed by atoms with Crippen LogP contribution in [-0.2, 0) is 10.2 Å². The van der Waals surface area contributed by atoms with Crippen LogP contribution in [0.1, 0.15) is 36.1 Å². The van der Waals surface area contributed by atoms with Crippen molar-refractivity contribution in [3.05, 3.63) is 34.4 Å². The molecule has 100 valence electrons. The summed E-state index contributed by atoms with van der Waals surface area (Å²) < 4.78 is 5.51. The molecule has 1 aliphatic heterocycles. The number of rotatable bonds is 4. The van der Waals surface area contributed by atoms with E-state index in [0.29, 0.717) is 6.04 Å². The summed E-state index contributed by atoms with van der Waals surface area (Å²) in [6, 6.07) is 5.18. The first kappa shape index (κ1) is 13.6. The van der Waals surface area contributed by atoms with E-state index in [9.17, 15) is 0 Å². The summed E-state index contributed by atoms with van der Waals surface area (Å²) in [6.07, 6.45) is 0. The first-order chi connectivity index (χ1) is 8.44. The zero-order valence-electron chi connectivity index (χ0n) is 12.3. The molecule has 0 radical (unpaired) electrons. The van der Waals surface area contributed by atoms with E-state index in [1.54, 1.807) is 0 Å². The second kappa shape index (κ2) is 5.02. The van der Waals surface area contributed by atoms with Gasteiger partial charge in [-0.15, -0.1) is 0 Å². The fourth-order valence-corrected chi connectivity index (χ4v) is 2.63. The van der Waals surface area contributed by atoms with Gasteiger partial charge in [0.2, 0.25) is 0 Å². The summed E-state index contributed by atoms with van der Waals surface area (Å²) in [5, 5.41) is 3.57. The third kappa shape index (κ3) is 2.45. The van der Waals surface area contributed by atoms with Crippen LogP contribution in [0.2, 0.25) is 0 Å². The van der Waals surface area contributed by atoms with Crippen LogP contribution >= 0.6 is 0 Å². The maximum Gasteiger partial charge on any atom is 0.0598 e. The van der Waals surface area contributed by atoms with Gasteiger partial charge in [0.25, 0.3) is 0 Å². The molecule has 0 aliphatic carbocycles. The lowest BCUT2D eigenvalue weighted by Gasteiger charge is -2.43. The van der Waals surface area contributed by atoms with Gasteiger partial charge < -0.3 is 10.1 Å².